The monoisotopic (exact) mass is 384 g/mol. The molecular formula is C23H29FN2O2. The highest BCUT2D eigenvalue weighted by Crippen LogP contribution is 2.34. The summed E-state index contributed by atoms with van der Waals surface area (Å²) in [5, 5.41) is 5.90. The van der Waals surface area contributed by atoms with Crippen LogP contribution in [-0.2, 0) is 15.6 Å². The van der Waals surface area contributed by atoms with Crippen LogP contribution in [-0.4, -0.2) is 25.8 Å². The van der Waals surface area contributed by atoms with Crippen molar-refractivity contribution in [1.82, 2.24) is 5.32 Å². The number of urea groups is 1. The zero-order valence-corrected chi connectivity index (χ0v) is 16.8. The average Bonchev–Trinajstić information content (AvgIpc) is 2.67. The van der Waals surface area contributed by atoms with Gasteiger partial charge in [0.05, 0.1) is 0 Å². The maximum Gasteiger partial charge on any atom is 0.319 e. The predicted octanol–water partition coefficient (Wildman–Crippen LogP) is 4.99. The fraction of sp³-hybridized carbons (Fsp3) is 0.435. The first kappa shape index (κ1) is 20.3. The van der Waals surface area contributed by atoms with Gasteiger partial charge in [0.15, 0.2) is 0 Å². The summed E-state index contributed by atoms with van der Waals surface area (Å²) in [6, 6.07) is 14.2. The highest BCUT2D eigenvalue weighted by molar-refractivity contribution is 5.89. The van der Waals surface area contributed by atoms with E-state index in [-0.39, 0.29) is 22.7 Å². The van der Waals surface area contributed by atoms with Crippen molar-refractivity contribution in [2.75, 3.05) is 25.1 Å². The Hall–Kier alpha value is -2.40. The van der Waals surface area contributed by atoms with Gasteiger partial charge in [-0.3, -0.25) is 0 Å². The Labute approximate surface area is 166 Å². The standard InChI is InChI=1S/C23H29FN2O2/c1-22(2,3)17-6-10-20(11-7-17)26-21(27)25-16-23(12-14-28-15-13-23)18-4-8-19(24)9-5-18/h4-11H,12-16H2,1-3H3,(H2,25,26,27). The van der Waals surface area contributed by atoms with E-state index < -0.39 is 0 Å². The normalized spacial score (nSPS) is 16.4. The van der Waals surface area contributed by atoms with Crippen LogP contribution in [0.4, 0.5) is 14.9 Å². The first-order valence-electron chi connectivity index (χ1n) is 9.78. The van der Waals surface area contributed by atoms with Crippen molar-refractivity contribution in [2.24, 2.45) is 0 Å². The SMILES string of the molecule is CC(C)(C)c1ccc(NC(=O)NCC2(c3ccc(F)cc3)CCOCC2)cc1. The van der Waals surface area contributed by atoms with Crippen LogP contribution in [0.25, 0.3) is 0 Å². The van der Waals surface area contributed by atoms with E-state index in [9.17, 15) is 9.18 Å². The predicted molar refractivity (Wildman–Crippen MR) is 110 cm³/mol. The van der Waals surface area contributed by atoms with Gasteiger partial charge in [-0.25, -0.2) is 9.18 Å². The molecule has 0 bridgehead atoms. The third-order valence-corrected chi connectivity index (χ3v) is 5.50. The minimum Gasteiger partial charge on any atom is -0.381 e. The van der Waals surface area contributed by atoms with Crippen LogP contribution in [0, 0.1) is 5.82 Å². The fourth-order valence-corrected chi connectivity index (χ4v) is 3.61. The maximum atomic E-state index is 13.3. The lowest BCUT2D eigenvalue weighted by atomic mass is 9.74. The molecule has 1 aliphatic heterocycles. The molecule has 5 heteroatoms. The van der Waals surface area contributed by atoms with Gasteiger partial charge in [-0.1, -0.05) is 45.0 Å². The number of ether oxygens (including phenoxy) is 1. The molecule has 0 unspecified atom stereocenters. The number of nitrogens with one attached hydrogen (secondary N) is 2. The van der Waals surface area contributed by atoms with E-state index in [0.717, 1.165) is 24.1 Å². The van der Waals surface area contributed by atoms with E-state index in [1.165, 1.54) is 17.7 Å². The van der Waals surface area contributed by atoms with Crippen LogP contribution in [0.5, 0.6) is 0 Å². The highest BCUT2D eigenvalue weighted by atomic mass is 19.1. The Morgan fingerprint density at radius 3 is 2.21 bits per heavy atom. The molecule has 150 valence electrons. The first-order chi connectivity index (χ1) is 13.3. The van der Waals surface area contributed by atoms with E-state index >= 15 is 0 Å². The second-order valence-electron chi connectivity index (χ2n) is 8.53. The van der Waals surface area contributed by atoms with Gasteiger partial charge >= 0.3 is 6.03 Å². The summed E-state index contributed by atoms with van der Waals surface area (Å²) < 4.78 is 18.8. The molecule has 2 N–H and O–H groups in total. The van der Waals surface area contributed by atoms with Crippen molar-refractivity contribution < 1.29 is 13.9 Å². The summed E-state index contributed by atoms with van der Waals surface area (Å²) in [5.41, 5.74) is 2.85. The van der Waals surface area contributed by atoms with Gasteiger partial charge in [0, 0.05) is 30.9 Å². The summed E-state index contributed by atoms with van der Waals surface area (Å²) in [5.74, 6) is -0.254. The van der Waals surface area contributed by atoms with Gasteiger partial charge in [0.2, 0.25) is 0 Å². The van der Waals surface area contributed by atoms with Gasteiger partial charge in [-0.15, -0.1) is 0 Å². The molecule has 0 atom stereocenters. The lowest BCUT2D eigenvalue weighted by Gasteiger charge is -2.38. The maximum absolute atomic E-state index is 13.3. The van der Waals surface area contributed by atoms with Crippen LogP contribution < -0.4 is 10.6 Å². The molecule has 0 aliphatic carbocycles. The Morgan fingerprint density at radius 1 is 1.04 bits per heavy atom. The molecule has 1 saturated heterocycles. The number of benzene rings is 2. The van der Waals surface area contributed by atoms with E-state index in [0.29, 0.717) is 19.8 Å². The Balaban J connectivity index is 1.64. The van der Waals surface area contributed by atoms with Gasteiger partial charge < -0.3 is 15.4 Å². The molecule has 0 saturated carbocycles. The Bertz CT molecular complexity index is 789. The van der Waals surface area contributed by atoms with Crippen LogP contribution in [0.15, 0.2) is 48.5 Å². The number of carbonyl (C=O) groups is 1. The van der Waals surface area contributed by atoms with Gasteiger partial charge in [-0.05, 0) is 53.6 Å². The zero-order valence-electron chi connectivity index (χ0n) is 16.8. The minimum atomic E-state index is -0.254. The first-order valence-corrected chi connectivity index (χ1v) is 9.78. The quantitative estimate of drug-likeness (QED) is 0.780. The largest absolute Gasteiger partial charge is 0.381 e. The number of hydrogen-bond donors (Lipinski definition) is 2. The number of hydrogen-bond acceptors (Lipinski definition) is 2. The second kappa shape index (κ2) is 8.31. The number of rotatable bonds is 4. The molecule has 3 rings (SSSR count). The van der Waals surface area contributed by atoms with Crippen LogP contribution >= 0.6 is 0 Å². The third kappa shape index (κ3) is 4.90. The number of amides is 2. The van der Waals surface area contributed by atoms with E-state index in [4.69, 9.17) is 4.74 Å². The lowest BCUT2D eigenvalue weighted by Crippen LogP contribution is -2.45. The third-order valence-electron chi connectivity index (χ3n) is 5.50. The average molecular weight is 384 g/mol. The summed E-state index contributed by atoms with van der Waals surface area (Å²) >= 11 is 0. The molecule has 4 nitrogen and oxygen atoms in total. The van der Waals surface area contributed by atoms with E-state index in [2.05, 4.69) is 31.4 Å². The molecule has 0 spiro atoms. The van der Waals surface area contributed by atoms with Crippen molar-refractivity contribution in [3.8, 4) is 0 Å². The minimum absolute atomic E-state index is 0.0748. The molecule has 0 radical (unpaired) electrons. The van der Waals surface area contributed by atoms with E-state index in [1.54, 1.807) is 0 Å². The number of anilines is 1. The van der Waals surface area contributed by atoms with Crippen molar-refractivity contribution in [2.45, 2.75) is 44.4 Å². The van der Waals surface area contributed by atoms with E-state index in [1.807, 2.05) is 36.4 Å². The van der Waals surface area contributed by atoms with Crippen LogP contribution in [0.2, 0.25) is 0 Å². The summed E-state index contributed by atoms with van der Waals surface area (Å²) in [7, 11) is 0. The Morgan fingerprint density at radius 2 is 1.64 bits per heavy atom. The number of carbonyl (C=O) groups excluding carboxylic acids is 1. The molecule has 1 heterocycles. The summed E-state index contributed by atoms with van der Waals surface area (Å²) in [6.07, 6.45) is 1.58. The molecule has 0 aromatic heterocycles. The van der Waals surface area contributed by atoms with Crippen LogP contribution in [0.3, 0.4) is 0 Å². The van der Waals surface area contributed by atoms with Gasteiger partial charge in [-0.2, -0.15) is 0 Å². The molecule has 28 heavy (non-hydrogen) atoms. The second-order valence-corrected chi connectivity index (χ2v) is 8.53. The molecule has 2 aromatic rings. The molecular weight excluding hydrogens is 355 g/mol. The highest BCUT2D eigenvalue weighted by Gasteiger charge is 2.34. The van der Waals surface area contributed by atoms with Crippen molar-refractivity contribution in [3.63, 3.8) is 0 Å². The van der Waals surface area contributed by atoms with Gasteiger partial charge in [0.1, 0.15) is 5.82 Å². The Kier molecular flexibility index (Phi) is 6.04. The topological polar surface area (TPSA) is 50.4 Å². The fourth-order valence-electron chi connectivity index (χ4n) is 3.61. The van der Waals surface area contributed by atoms with Crippen LogP contribution in [0.1, 0.15) is 44.7 Å². The smallest absolute Gasteiger partial charge is 0.319 e. The summed E-state index contributed by atoms with van der Waals surface area (Å²) in [4.78, 5) is 12.5. The molecule has 2 aromatic carbocycles. The lowest BCUT2D eigenvalue weighted by molar-refractivity contribution is 0.0508. The molecule has 2 amide bonds. The molecule has 1 aliphatic rings. The van der Waals surface area contributed by atoms with Crippen molar-refractivity contribution >= 4 is 11.7 Å². The summed E-state index contributed by atoms with van der Waals surface area (Å²) in [6.45, 7) is 8.22. The number of halogens is 1. The van der Waals surface area contributed by atoms with Gasteiger partial charge in [0.25, 0.3) is 0 Å². The zero-order chi connectivity index (χ0) is 20.2. The molecule has 1 fully saturated rings. The van der Waals surface area contributed by atoms with Crippen molar-refractivity contribution in [3.05, 3.63) is 65.5 Å². The van der Waals surface area contributed by atoms with Crippen molar-refractivity contribution in [1.29, 1.82) is 0 Å².